The molecule has 3 aliphatic rings. The first-order valence-electron chi connectivity index (χ1n) is 13.9. The molecule has 15 atom stereocenters. The molecule has 3 saturated heterocycles. The van der Waals surface area contributed by atoms with Crippen LogP contribution in [0.2, 0.25) is 0 Å². The van der Waals surface area contributed by atoms with Crippen LogP contribution in [-0.4, -0.2) is 185 Å². The maximum Gasteiger partial charge on any atom is 0.397 e. The van der Waals surface area contributed by atoms with Crippen LogP contribution in [0, 0.1) is 0 Å². The lowest BCUT2D eigenvalue weighted by Crippen LogP contribution is -2.70. The zero-order valence-electron chi connectivity index (χ0n) is 25.1. The van der Waals surface area contributed by atoms with Crippen LogP contribution in [0.1, 0.15) is 13.8 Å². The van der Waals surface area contributed by atoms with Crippen molar-refractivity contribution in [2.24, 2.45) is 0 Å². The number of aliphatic hydroxyl groups excluding tert-OH is 6. The maximum atomic E-state index is 12.3. The Hall–Kier alpha value is -2.29. The molecule has 284 valence electrons. The number of aliphatic carboxylic acids is 1. The number of rotatable bonds is 13. The second kappa shape index (κ2) is 16.4. The van der Waals surface area contributed by atoms with E-state index in [2.05, 4.69) is 19.0 Å². The summed E-state index contributed by atoms with van der Waals surface area (Å²) in [4.78, 5) is 36.0. The Morgan fingerprint density at radius 2 is 1.14 bits per heavy atom. The van der Waals surface area contributed by atoms with Crippen molar-refractivity contribution in [3.05, 3.63) is 0 Å². The molecular weight excluding hydrogens is 724 g/mol. The van der Waals surface area contributed by atoms with E-state index in [0.29, 0.717) is 0 Å². The zero-order valence-corrected chi connectivity index (χ0v) is 26.8. The van der Waals surface area contributed by atoms with Gasteiger partial charge in [-0.3, -0.25) is 18.7 Å². The number of amides is 2. The van der Waals surface area contributed by atoms with Crippen molar-refractivity contribution in [3.63, 3.8) is 0 Å². The van der Waals surface area contributed by atoms with Gasteiger partial charge in [0, 0.05) is 13.8 Å². The van der Waals surface area contributed by atoms with Gasteiger partial charge in [-0.25, -0.2) is 13.2 Å². The molecule has 0 radical (unpaired) electrons. The van der Waals surface area contributed by atoms with Gasteiger partial charge in [0.15, 0.2) is 25.0 Å². The van der Waals surface area contributed by atoms with E-state index < -0.39 is 144 Å². The SMILES string of the molecule is CC(=O)N[C@H]1[C@H](O[C@H]2[C@H](O)[C@@H](O)[C@H](O[C@H]3[C@@H](OS(=O)(=O)O)[C@@H](CO)OC(O)[C@@H]3NC(C)=O)O[C@H]2C(=O)O)O[C@H](CO)[C@H](OS(=O)(=O)O)[C@@H]1O. The van der Waals surface area contributed by atoms with E-state index in [4.69, 9.17) is 28.2 Å². The minimum absolute atomic E-state index is 0.884. The molecule has 0 spiro atoms. The van der Waals surface area contributed by atoms with Crippen LogP contribution in [-0.2, 0) is 67.2 Å². The predicted molar refractivity (Wildman–Crippen MR) is 146 cm³/mol. The van der Waals surface area contributed by atoms with E-state index in [0.717, 1.165) is 13.8 Å². The summed E-state index contributed by atoms with van der Waals surface area (Å²) in [5, 5.41) is 76.8. The van der Waals surface area contributed by atoms with E-state index in [1.165, 1.54) is 0 Å². The number of carbonyl (C=O) groups excluding carboxylic acids is 2. The van der Waals surface area contributed by atoms with Gasteiger partial charge in [-0.1, -0.05) is 0 Å². The normalized spacial score (nSPS) is 40.3. The van der Waals surface area contributed by atoms with Crippen molar-refractivity contribution < 1.29 is 108 Å². The van der Waals surface area contributed by atoms with Crippen LogP contribution in [0.4, 0.5) is 0 Å². The summed E-state index contributed by atoms with van der Waals surface area (Å²) < 4.78 is 99.9. The Balaban J connectivity index is 1.96. The molecule has 3 fully saturated rings. The van der Waals surface area contributed by atoms with Crippen LogP contribution in [0.25, 0.3) is 0 Å². The number of carboxylic acid groups (broad SMARTS) is 1. The van der Waals surface area contributed by atoms with Gasteiger partial charge in [0.05, 0.1) is 13.2 Å². The summed E-state index contributed by atoms with van der Waals surface area (Å²) in [5.41, 5.74) is 0. The van der Waals surface area contributed by atoms with Gasteiger partial charge in [0.25, 0.3) is 0 Å². The third-order valence-electron chi connectivity index (χ3n) is 7.27. The fraction of sp³-hybridized carbons (Fsp3) is 0.864. The molecule has 3 aliphatic heterocycles. The third kappa shape index (κ3) is 10.4. The van der Waals surface area contributed by atoms with Crippen LogP contribution in [0.5, 0.6) is 0 Å². The number of carbonyl (C=O) groups is 3. The average molecular weight is 761 g/mol. The average Bonchev–Trinajstić information content (AvgIpc) is 2.96. The molecule has 3 rings (SSSR count). The standard InChI is InChI=1S/C22H36N2O23S2/c1-5(27)23-9-11(29)14(46-48(35,36)37)7(3-25)42-21(9)44-17-12(30)13(31)22(45-18(17)19(32)33)43-16-10(24-6(2)28)20(34)41-8(4-26)15(16)47-49(38,39)40/h7-18,20-22,25-26,29-31,34H,3-4H2,1-2H3,(H,23,27)(H,24,28)(H,32,33)(H,35,36,37)(H,38,39,40)/t7-,8-,9-,10-,11-,12-,13-,14+,15+,16-,17+,18-,20?,21+,22-/m1/s1. The Bertz CT molecular complexity index is 1400. The molecule has 11 N–H and O–H groups in total. The first kappa shape index (κ1) is 41.1. The van der Waals surface area contributed by atoms with Gasteiger partial charge in [-0.05, 0) is 0 Å². The van der Waals surface area contributed by atoms with Crippen LogP contribution >= 0.6 is 0 Å². The molecule has 1 unspecified atom stereocenters. The number of hydrogen-bond donors (Lipinski definition) is 11. The van der Waals surface area contributed by atoms with Crippen LogP contribution < -0.4 is 10.6 Å². The molecule has 0 aliphatic carbocycles. The molecule has 2 amide bonds. The van der Waals surface area contributed by atoms with E-state index in [9.17, 15) is 71.5 Å². The van der Waals surface area contributed by atoms with E-state index >= 15 is 0 Å². The summed E-state index contributed by atoms with van der Waals surface area (Å²) in [7, 11) is -10.7. The Labute approximate surface area is 276 Å². The molecule has 0 saturated carbocycles. The molecule has 0 aromatic heterocycles. The van der Waals surface area contributed by atoms with Crippen LogP contribution in [0.15, 0.2) is 0 Å². The Morgan fingerprint density at radius 1 is 0.653 bits per heavy atom. The summed E-state index contributed by atoms with van der Waals surface area (Å²) in [6.07, 6.45) is -27.9. The highest BCUT2D eigenvalue weighted by atomic mass is 32.3. The number of hydrogen-bond acceptors (Lipinski definition) is 20. The topological polar surface area (TPSA) is 390 Å². The van der Waals surface area contributed by atoms with Crippen molar-refractivity contribution in [1.82, 2.24) is 10.6 Å². The van der Waals surface area contributed by atoms with Gasteiger partial charge >= 0.3 is 26.8 Å². The molecule has 3 heterocycles. The maximum absolute atomic E-state index is 12.3. The van der Waals surface area contributed by atoms with E-state index in [1.807, 2.05) is 0 Å². The second-order valence-corrected chi connectivity index (χ2v) is 12.9. The summed E-state index contributed by atoms with van der Waals surface area (Å²) in [5.74, 6) is -3.73. The van der Waals surface area contributed by atoms with Crippen molar-refractivity contribution in [1.29, 1.82) is 0 Å². The molecule has 0 aromatic rings. The number of aliphatic hydroxyl groups is 6. The third-order valence-corrected chi connectivity index (χ3v) is 8.21. The number of ether oxygens (including phenoxy) is 5. The highest BCUT2D eigenvalue weighted by Crippen LogP contribution is 2.34. The summed E-state index contributed by atoms with van der Waals surface area (Å²) in [6, 6.07) is -3.68. The quantitative estimate of drug-likeness (QED) is 0.0776. The van der Waals surface area contributed by atoms with E-state index in [1.54, 1.807) is 0 Å². The van der Waals surface area contributed by atoms with Crippen molar-refractivity contribution in [2.45, 2.75) is 106 Å². The Kier molecular flexibility index (Phi) is 13.7. The number of carboxylic acids is 1. The predicted octanol–water partition coefficient (Wildman–Crippen LogP) is -7.54. The first-order valence-corrected chi connectivity index (χ1v) is 16.6. The molecule has 27 heteroatoms. The lowest BCUT2D eigenvalue weighted by molar-refractivity contribution is -0.357. The highest BCUT2D eigenvalue weighted by molar-refractivity contribution is 7.81. The van der Waals surface area contributed by atoms with Crippen molar-refractivity contribution in [2.75, 3.05) is 13.2 Å². The van der Waals surface area contributed by atoms with Gasteiger partial charge in [-0.2, -0.15) is 16.8 Å². The Morgan fingerprint density at radius 3 is 1.63 bits per heavy atom. The van der Waals surface area contributed by atoms with Crippen molar-refractivity contribution in [3.8, 4) is 0 Å². The lowest BCUT2D eigenvalue weighted by Gasteiger charge is -2.48. The van der Waals surface area contributed by atoms with Gasteiger partial charge < -0.3 is 70.1 Å². The van der Waals surface area contributed by atoms with Gasteiger partial charge in [0.2, 0.25) is 11.8 Å². The van der Waals surface area contributed by atoms with Crippen LogP contribution in [0.3, 0.4) is 0 Å². The number of nitrogens with one attached hydrogen (secondary N) is 2. The summed E-state index contributed by atoms with van der Waals surface area (Å²) in [6.45, 7) is -0.354. The first-order chi connectivity index (χ1) is 22.6. The van der Waals surface area contributed by atoms with Crippen molar-refractivity contribution >= 4 is 38.6 Å². The van der Waals surface area contributed by atoms with Gasteiger partial charge in [-0.15, -0.1) is 0 Å². The zero-order chi connectivity index (χ0) is 37.2. The molecule has 0 aromatic carbocycles. The fourth-order valence-corrected chi connectivity index (χ4v) is 6.35. The fourth-order valence-electron chi connectivity index (χ4n) is 5.31. The minimum Gasteiger partial charge on any atom is -0.479 e. The smallest absolute Gasteiger partial charge is 0.397 e. The molecule has 49 heavy (non-hydrogen) atoms. The van der Waals surface area contributed by atoms with E-state index in [-0.39, 0.29) is 0 Å². The molecular formula is C22H36N2O23S2. The molecule has 25 nitrogen and oxygen atoms in total. The second-order valence-electron chi connectivity index (χ2n) is 10.8. The minimum atomic E-state index is -5.39. The monoisotopic (exact) mass is 760 g/mol. The molecule has 0 bridgehead atoms. The highest BCUT2D eigenvalue weighted by Gasteiger charge is 2.57. The van der Waals surface area contributed by atoms with Gasteiger partial charge in [0.1, 0.15) is 67.0 Å². The lowest BCUT2D eigenvalue weighted by atomic mass is 9.94. The summed E-state index contributed by atoms with van der Waals surface area (Å²) >= 11 is 0. The largest absolute Gasteiger partial charge is 0.479 e.